The second-order valence-corrected chi connectivity index (χ2v) is 3.96. The molecule has 0 saturated carbocycles. The van der Waals surface area contributed by atoms with E-state index in [-0.39, 0.29) is 5.60 Å². The first-order valence-corrected chi connectivity index (χ1v) is 4.54. The van der Waals surface area contributed by atoms with Gasteiger partial charge in [-0.05, 0) is 34.1 Å². The van der Waals surface area contributed by atoms with Crippen LogP contribution in [-0.4, -0.2) is 12.2 Å². The van der Waals surface area contributed by atoms with Crippen LogP contribution in [0.2, 0.25) is 0 Å². The molecule has 1 radical (unpaired) electrons. The summed E-state index contributed by atoms with van der Waals surface area (Å²) in [6, 6.07) is 0. The summed E-state index contributed by atoms with van der Waals surface area (Å²) < 4.78 is 5.66. The molecule has 0 spiro atoms. The van der Waals surface area contributed by atoms with Crippen molar-refractivity contribution in [3.8, 4) is 0 Å². The summed E-state index contributed by atoms with van der Waals surface area (Å²) in [5.74, 6) is 0. The van der Waals surface area contributed by atoms with Crippen LogP contribution in [0.15, 0.2) is 11.6 Å². The molecule has 12 heavy (non-hydrogen) atoms. The lowest BCUT2D eigenvalue weighted by atomic mass is 10.0. The van der Waals surface area contributed by atoms with Gasteiger partial charge < -0.3 is 4.74 Å². The van der Waals surface area contributed by atoms with Gasteiger partial charge in [-0.25, -0.2) is 0 Å². The van der Waals surface area contributed by atoms with E-state index >= 15 is 0 Å². The first kappa shape index (κ1) is 11.7. The zero-order valence-corrected chi connectivity index (χ0v) is 8.81. The Kier molecular flexibility index (Phi) is 5.23. The highest BCUT2D eigenvalue weighted by molar-refractivity contribution is 4.93. The molecule has 0 aromatic heterocycles. The van der Waals surface area contributed by atoms with E-state index in [1.54, 1.807) is 0 Å². The molecule has 0 aliphatic rings. The van der Waals surface area contributed by atoms with Crippen LogP contribution in [0.4, 0.5) is 0 Å². The molecule has 0 saturated heterocycles. The lowest BCUT2D eigenvalue weighted by molar-refractivity contribution is -0.00676. The smallest absolute Gasteiger partial charge is 0.0657 e. The molecule has 0 rings (SSSR count). The van der Waals surface area contributed by atoms with E-state index in [1.807, 2.05) is 0 Å². The zero-order chi connectivity index (χ0) is 9.61. The monoisotopic (exact) mass is 169 g/mol. The van der Waals surface area contributed by atoms with Crippen molar-refractivity contribution in [2.75, 3.05) is 6.61 Å². The average molecular weight is 169 g/mol. The first-order valence-electron chi connectivity index (χ1n) is 4.54. The molecule has 0 aromatic carbocycles. The first-order chi connectivity index (χ1) is 5.48. The number of hydrogen-bond donors (Lipinski definition) is 0. The Labute approximate surface area is 76.8 Å². The highest BCUT2D eigenvalue weighted by atomic mass is 16.5. The van der Waals surface area contributed by atoms with Gasteiger partial charge in [-0.15, -0.1) is 0 Å². The predicted molar refractivity (Wildman–Crippen MR) is 54.1 cm³/mol. The summed E-state index contributed by atoms with van der Waals surface area (Å²) in [5.41, 5.74) is 1.29. The molecule has 0 bridgehead atoms. The SMILES string of the molecule is [CH2]CCC(C)(C)OCC=C(C)C. The van der Waals surface area contributed by atoms with Gasteiger partial charge in [0, 0.05) is 0 Å². The van der Waals surface area contributed by atoms with Crippen LogP contribution in [0.1, 0.15) is 40.5 Å². The second kappa shape index (κ2) is 5.36. The van der Waals surface area contributed by atoms with Crippen LogP contribution >= 0.6 is 0 Å². The van der Waals surface area contributed by atoms with E-state index in [0.29, 0.717) is 0 Å². The lowest BCUT2D eigenvalue weighted by Crippen LogP contribution is -2.24. The van der Waals surface area contributed by atoms with E-state index in [2.05, 4.69) is 40.7 Å². The maximum Gasteiger partial charge on any atom is 0.0657 e. The van der Waals surface area contributed by atoms with Gasteiger partial charge in [0.25, 0.3) is 0 Å². The van der Waals surface area contributed by atoms with E-state index in [9.17, 15) is 0 Å². The summed E-state index contributed by atoms with van der Waals surface area (Å²) in [6.45, 7) is 12.9. The summed E-state index contributed by atoms with van der Waals surface area (Å²) in [6.07, 6.45) is 4.05. The number of ether oxygens (including phenoxy) is 1. The Morgan fingerprint density at radius 2 is 2.00 bits per heavy atom. The normalized spacial score (nSPS) is 11.4. The maximum atomic E-state index is 5.66. The van der Waals surface area contributed by atoms with Crippen molar-refractivity contribution >= 4 is 0 Å². The highest BCUT2D eigenvalue weighted by Crippen LogP contribution is 2.16. The third-order valence-electron chi connectivity index (χ3n) is 1.74. The quantitative estimate of drug-likeness (QED) is 0.573. The number of hydrogen-bond acceptors (Lipinski definition) is 1. The number of allylic oxidation sites excluding steroid dienone is 1. The van der Waals surface area contributed by atoms with Crippen molar-refractivity contribution in [1.29, 1.82) is 0 Å². The Balaban J connectivity index is 3.68. The molecular weight excluding hydrogens is 148 g/mol. The lowest BCUT2D eigenvalue weighted by Gasteiger charge is -2.23. The van der Waals surface area contributed by atoms with E-state index in [1.165, 1.54) is 5.57 Å². The van der Waals surface area contributed by atoms with E-state index < -0.39 is 0 Å². The molecule has 0 heterocycles. The molecule has 0 N–H and O–H groups in total. The van der Waals surface area contributed by atoms with Crippen molar-refractivity contribution in [1.82, 2.24) is 0 Å². The topological polar surface area (TPSA) is 9.23 Å². The van der Waals surface area contributed by atoms with Gasteiger partial charge in [0.05, 0.1) is 12.2 Å². The molecule has 0 aromatic rings. The van der Waals surface area contributed by atoms with Crippen molar-refractivity contribution < 1.29 is 4.74 Å². The standard InChI is InChI=1S/C11H21O/c1-6-8-11(4,5)12-9-7-10(2)3/h7H,1,6,8-9H2,2-5H3. The predicted octanol–water partition coefficient (Wildman–Crippen LogP) is 3.36. The van der Waals surface area contributed by atoms with Crippen LogP contribution in [0, 0.1) is 6.92 Å². The van der Waals surface area contributed by atoms with Gasteiger partial charge in [-0.1, -0.05) is 25.0 Å². The second-order valence-electron chi connectivity index (χ2n) is 3.96. The van der Waals surface area contributed by atoms with E-state index in [4.69, 9.17) is 4.74 Å². The largest absolute Gasteiger partial charge is 0.372 e. The van der Waals surface area contributed by atoms with Gasteiger partial charge in [0.1, 0.15) is 0 Å². The molecule has 1 heteroatoms. The average Bonchev–Trinajstić information content (AvgIpc) is 1.85. The molecule has 0 aliphatic carbocycles. The third kappa shape index (κ3) is 6.41. The molecule has 0 atom stereocenters. The molecule has 71 valence electrons. The summed E-state index contributed by atoms with van der Waals surface area (Å²) in [5, 5.41) is 0. The Morgan fingerprint density at radius 1 is 1.42 bits per heavy atom. The third-order valence-corrected chi connectivity index (χ3v) is 1.74. The Bertz CT molecular complexity index is 141. The Morgan fingerprint density at radius 3 is 2.42 bits per heavy atom. The van der Waals surface area contributed by atoms with Gasteiger partial charge in [-0.3, -0.25) is 0 Å². The van der Waals surface area contributed by atoms with Gasteiger partial charge in [-0.2, -0.15) is 0 Å². The van der Waals surface area contributed by atoms with Crippen LogP contribution in [0.3, 0.4) is 0 Å². The molecule has 1 nitrogen and oxygen atoms in total. The fraction of sp³-hybridized carbons (Fsp3) is 0.727. The molecular formula is C11H21O. The van der Waals surface area contributed by atoms with Crippen molar-refractivity contribution in [3.63, 3.8) is 0 Å². The van der Waals surface area contributed by atoms with Gasteiger partial charge in [0.15, 0.2) is 0 Å². The minimum atomic E-state index is -0.0201. The van der Waals surface area contributed by atoms with Crippen molar-refractivity contribution in [2.24, 2.45) is 0 Å². The molecule has 0 aliphatic heterocycles. The molecule has 0 unspecified atom stereocenters. The van der Waals surface area contributed by atoms with Crippen LogP contribution in [-0.2, 0) is 4.74 Å². The fourth-order valence-electron chi connectivity index (χ4n) is 0.932. The Hall–Kier alpha value is -0.300. The molecule has 0 fully saturated rings. The van der Waals surface area contributed by atoms with Crippen LogP contribution in [0.5, 0.6) is 0 Å². The summed E-state index contributed by atoms with van der Waals surface area (Å²) in [4.78, 5) is 0. The highest BCUT2D eigenvalue weighted by Gasteiger charge is 2.15. The van der Waals surface area contributed by atoms with Crippen molar-refractivity contribution in [2.45, 2.75) is 46.1 Å². The van der Waals surface area contributed by atoms with Gasteiger partial charge >= 0.3 is 0 Å². The maximum absolute atomic E-state index is 5.66. The summed E-state index contributed by atoms with van der Waals surface area (Å²) in [7, 11) is 0. The minimum Gasteiger partial charge on any atom is -0.372 e. The fourth-order valence-corrected chi connectivity index (χ4v) is 0.932. The van der Waals surface area contributed by atoms with Crippen molar-refractivity contribution in [3.05, 3.63) is 18.6 Å². The van der Waals surface area contributed by atoms with Crippen LogP contribution in [0.25, 0.3) is 0 Å². The van der Waals surface area contributed by atoms with Crippen LogP contribution < -0.4 is 0 Å². The minimum absolute atomic E-state index is 0.0201. The summed E-state index contributed by atoms with van der Waals surface area (Å²) >= 11 is 0. The zero-order valence-electron chi connectivity index (χ0n) is 8.81. The van der Waals surface area contributed by atoms with E-state index in [0.717, 1.165) is 19.4 Å². The molecule has 0 amide bonds. The van der Waals surface area contributed by atoms with Gasteiger partial charge in [0.2, 0.25) is 0 Å². The number of rotatable bonds is 5.